The summed E-state index contributed by atoms with van der Waals surface area (Å²) in [5.74, 6) is -0.583. The number of carbonyl (C=O) groups is 2. The van der Waals surface area contributed by atoms with Crippen LogP contribution < -0.4 is 11.1 Å². The van der Waals surface area contributed by atoms with Crippen LogP contribution >= 0.6 is 0 Å². The summed E-state index contributed by atoms with van der Waals surface area (Å²) in [5.41, 5.74) is 5.41. The third-order valence-electron chi connectivity index (χ3n) is 2.63. The monoisotopic (exact) mass is 238 g/mol. The van der Waals surface area contributed by atoms with Crippen LogP contribution in [0.25, 0.3) is 0 Å². The molecule has 1 amide bonds. The smallest absolute Gasteiger partial charge is 0.250 e. The fourth-order valence-corrected chi connectivity index (χ4v) is 1.66. The van der Waals surface area contributed by atoms with Crippen LogP contribution in [-0.4, -0.2) is 24.5 Å². The summed E-state index contributed by atoms with van der Waals surface area (Å²) in [5, 5.41) is 2.98. The number of aldehydes is 1. The molecule has 1 fully saturated rings. The quantitative estimate of drug-likeness (QED) is 0.403. The lowest BCUT2D eigenvalue weighted by molar-refractivity contribution is -0.114. The van der Waals surface area contributed by atoms with E-state index in [9.17, 15) is 9.59 Å². The Balaban J connectivity index is 2.52. The minimum atomic E-state index is -0.583. The Kier molecular flexibility index (Phi) is 5.42. The fourth-order valence-electron chi connectivity index (χ4n) is 1.66. The van der Waals surface area contributed by atoms with Gasteiger partial charge in [0.05, 0.1) is 11.7 Å². The highest BCUT2D eigenvalue weighted by molar-refractivity contribution is 5.95. The van der Waals surface area contributed by atoms with E-state index in [1.54, 1.807) is 0 Å². The molecule has 2 atom stereocenters. The topological polar surface area (TPSA) is 81.4 Å². The molecule has 17 heavy (non-hydrogen) atoms. The number of allylic oxidation sites excluding steroid dienone is 1. The SMILES string of the molecule is CCC1CCC(N/C=C(/C=C/C=O)C(N)=O)O1. The molecule has 1 aliphatic heterocycles. The van der Waals surface area contributed by atoms with E-state index >= 15 is 0 Å². The van der Waals surface area contributed by atoms with Gasteiger partial charge in [0.15, 0.2) is 0 Å². The van der Waals surface area contributed by atoms with Crippen LogP contribution in [0.15, 0.2) is 23.9 Å². The first-order valence-corrected chi connectivity index (χ1v) is 5.70. The first-order chi connectivity index (χ1) is 8.17. The van der Waals surface area contributed by atoms with E-state index in [4.69, 9.17) is 10.5 Å². The highest BCUT2D eigenvalue weighted by atomic mass is 16.5. The third-order valence-corrected chi connectivity index (χ3v) is 2.63. The Morgan fingerprint density at radius 3 is 2.82 bits per heavy atom. The Labute approximate surface area is 101 Å². The molecule has 5 heteroatoms. The zero-order valence-corrected chi connectivity index (χ0v) is 9.89. The zero-order valence-electron chi connectivity index (χ0n) is 9.89. The first-order valence-electron chi connectivity index (χ1n) is 5.70. The van der Waals surface area contributed by atoms with Gasteiger partial charge in [0.25, 0.3) is 0 Å². The number of primary amides is 1. The maximum absolute atomic E-state index is 11.0. The number of ether oxygens (including phenoxy) is 1. The third kappa shape index (κ3) is 4.40. The van der Waals surface area contributed by atoms with E-state index in [2.05, 4.69) is 12.2 Å². The molecule has 3 N–H and O–H groups in total. The van der Waals surface area contributed by atoms with Gasteiger partial charge in [-0.3, -0.25) is 9.59 Å². The number of nitrogens with one attached hydrogen (secondary N) is 1. The van der Waals surface area contributed by atoms with Crippen LogP contribution in [0.5, 0.6) is 0 Å². The van der Waals surface area contributed by atoms with Gasteiger partial charge in [-0.1, -0.05) is 6.92 Å². The molecule has 5 nitrogen and oxygen atoms in total. The van der Waals surface area contributed by atoms with Crippen LogP contribution in [0.2, 0.25) is 0 Å². The van der Waals surface area contributed by atoms with Gasteiger partial charge < -0.3 is 15.8 Å². The van der Waals surface area contributed by atoms with E-state index in [-0.39, 0.29) is 17.9 Å². The highest BCUT2D eigenvalue weighted by Crippen LogP contribution is 2.20. The van der Waals surface area contributed by atoms with Crippen LogP contribution in [0.3, 0.4) is 0 Å². The minimum absolute atomic E-state index is 0.0843. The van der Waals surface area contributed by atoms with Crippen LogP contribution in [0.1, 0.15) is 26.2 Å². The van der Waals surface area contributed by atoms with E-state index in [0.29, 0.717) is 6.29 Å². The standard InChI is InChI=1S/C12H18N2O3/c1-2-10-5-6-11(17-10)14-8-9(12(13)16)4-3-7-15/h3-4,7-8,10-11,14H,2,5-6H2,1H3,(H2,13,16)/b4-3+,9-8-. The Morgan fingerprint density at radius 2 is 2.29 bits per heavy atom. The maximum Gasteiger partial charge on any atom is 0.250 e. The van der Waals surface area contributed by atoms with Crippen molar-refractivity contribution in [3.8, 4) is 0 Å². The summed E-state index contributed by atoms with van der Waals surface area (Å²) in [4.78, 5) is 21.2. The van der Waals surface area contributed by atoms with E-state index < -0.39 is 5.91 Å². The van der Waals surface area contributed by atoms with Crippen LogP contribution in [0.4, 0.5) is 0 Å². The van der Waals surface area contributed by atoms with Gasteiger partial charge in [0, 0.05) is 6.20 Å². The van der Waals surface area contributed by atoms with Crippen LogP contribution in [0, 0.1) is 0 Å². The average molecular weight is 238 g/mol. The summed E-state index contributed by atoms with van der Waals surface area (Å²) in [7, 11) is 0. The summed E-state index contributed by atoms with van der Waals surface area (Å²) in [6.45, 7) is 2.07. The number of hydrogen-bond donors (Lipinski definition) is 2. The van der Waals surface area contributed by atoms with Gasteiger partial charge in [-0.05, 0) is 31.4 Å². The van der Waals surface area contributed by atoms with Gasteiger partial charge in [-0.15, -0.1) is 0 Å². The maximum atomic E-state index is 11.0. The van der Waals surface area contributed by atoms with Gasteiger partial charge in [-0.2, -0.15) is 0 Å². The number of amides is 1. The molecule has 2 unspecified atom stereocenters. The number of nitrogens with two attached hydrogens (primary N) is 1. The molecule has 0 bridgehead atoms. The molecule has 0 aromatic rings. The van der Waals surface area contributed by atoms with Crippen molar-refractivity contribution in [2.24, 2.45) is 5.73 Å². The normalized spacial score (nSPS) is 25.1. The summed E-state index contributed by atoms with van der Waals surface area (Å²) in [6.07, 6.45) is 7.77. The average Bonchev–Trinajstić information content (AvgIpc) is 2.76. The van der Waals surface area contributed by atoms with Gasteiger partial charge in [0.2, 0.25) is 5.91 Å². The predicted molar refractivity (Wildman–Crippen MR) is 63.8 cm³/mol. The molecule has 0 radical (unpaired) electrons. The Hall–Kier alpha value is -1.62. The lowest BCUT2D eigenvalue weighted by Gasteiger charge is -2.12. The van der Waals surface area contributed by atoms with E-state index in [1.807, 2.05) is 0 Å². The van der Waals surface area contributed by atoms with Crippen molar-refractivity contribution < 1.29 is 14.3 Å². The molecule has 1 saturated heterocycles. The fraction of sp³-hybridized carbons (Fsp3) is 0.500. The molecule has 0 aromatic carbocycles. The highest BCUT2D eigenvalue weighted by Gasteiger charge is 2.22. The van der Waals surface area contributed by atoms with Gasteiger partial charge >= 0.3 is 0 Å². The molecule has 94 valence electrons. The van der Waals surface area contributed by atoms with Gasteiger partial charge in [-0.25, -0.2) is 0 Å². The second-order valence-electron chi connectivity index (χ2n) is 3.86. The molecule has 0 aromatic heterocycles. The second kappa shape index (κ2) is 6.85. The molecular weight excluding hydrogens is 220 g/mol. The number of carbonyl (C=O) groups excluding carboxylic acids is 2. The lowest BCUT2D eigenvalue weighted by atomic mass is 10.2. The summed E-state index contributed by atoms with van der Waals surface area (Å²) in [6, 6.07) is 0. The molecule has 0 saturated carbocycles. The molecule has 1 heterocycles. The van der Waals surface area contributed by atoms with E-state index in [0.717, 1.165) is 19.3 Å². The molecule has 0 spiro atoms. The van der Waals surface area contributed by atoms with E-state index in [1.165, 1.54) is 18.4 Å². The molecule has 1 aliphatic rings. The van der Waals surface area contributed by atoms with Crippen LogP contribution in [-0.2, 0) is 14.3 Å². The number of hydrogen-bond acceptors (Lipinski definition) is 4. The van der Waals surface area contributed by atoms with Crippen molar-refractivity contribution in [1.82, 2.24) is 5.32 Å². The van der Waals surface area contributed by atoms with Crippen molar-refractivity contribution in [2.75, 3.05) is 0 Å². The largest absolute Gasteiger partial charge is 0.366 e. The lowest BCUT2D eigenvalue weighted by Crippen LogP contribution is -2.26. The molecule has 1 rings (SSSR count). The minimum Gasteiger partial charge on any atom is -0.366 e. The van der Waals surface area contributed by atoms with Crippen molar-refractivity contribution in [2.45, 2.75) is 38.5 Å². The van der Waals surface area contributed by atoms with Crippen molar-refractivity contribution in [3.63, 3.8) is 0 Å². The molecule has 0 aliphatic carbocycles. The predicted octanol–water partition coefficient (Wildman–Crippen LogP) is 0.615. The van der Waals surface area contributed by atoms with Crippen molar-refractivity contribution in [3.05, 3.63) is 23.9 Å². The van der Waals surface area contributed by atoms with Crippen molar-refractivity contribution in [1.29, 1.82) is 0 Å². The zero-order chi connectivity index (χ0) is 12.7. The molecular formula is C12H18N2O3. The number of rotatable bonds is 6. The Morgan fingerprint density at radius 1 is 1.53 bits per heavy atom. The van der Waals surface area contributed by atoms with Gasteiger partial charge in [0.1, 0.15) is 12.5 Å². The first kappa shape index (κ1) is 13.4. The van der Waals surface area contributed by atoms with Crippen molar-refractivity contribution >= 4 is 12.2 Å². The summed E-state index contributed by atoms with van der Waals surface area (Å²) < 4.78 is 5.64. The summed E-state index contributed by atoms with van der Waals surface area (Å²) >= 11 is 0. The Bertz CT molecular complexity index is 337. The second-order valence-corrected chi connectivity index (χ2v) is 3.86.